The fraction of sp³-hybridized carbons (Fsp3) is 0.700. The molecule has 0 N–H and O–H groups in total. The summed E-state index contributed by atoms with van der Waals surface area (Å²) in [5.74, 6) is 3.40. The predicted octanol–water partition coefficient (Wildman–Crippen LogP) is -0.685. The van der Waals surface area contributed by atoms with Gasteiger partial charge in [0.2, 0.25) is 23.6 Å². The van der Waals surface area contributed by atoms with Crippen LogP contribution in [0.3, 0.4) is 0 Å². The van der Waals surface area contributed by atoms with Crippen molar-refractivity contribution in [2.75, 3.05) is 13.1 Å². The number of ether oxygens (including phenoxy) is 2. The summed E-state index contributed by atoms with van der Waals surface area (Å²) < 4.78 is 11.4. The van der Waals surface area contributed by atoms with Gasteiger partial charge in [0, 0.05) is 0 Å². The number of hydrogen-bond acceptors (Lipinski definition) is 6. The summed E-state index contributed by atoms with van der Waals surface area (Å²) >= 11 is 0. The van der Waals surface area contributed by atoms with Gasteiger partial charge in [-0.1, -0.05) is 11.8 Å². The second kappa shape index (κ2) is 5.65. The molecule has 146 valence electrons. The van der Waals surface area contributed by atoms with Gasteiger partial charge in [-0.15, -0.1) is 0 Å². The number of likely N-dealkylation sites (tertiary alicyclic amines) is 2. The second-order valence-electron chi connectivity index (χ2n) is 8.56. The van der Waals surface area contributed by atoms with E-state index in [1.807, 2.05) is 0 Å². The van der Waals surface area contributed by atoms with Crippen molar-refractivity contribution in [3.05, 3.63) is 0 Å². The van der Waals surface area contributed by atoms with Crippen molar-refractivity contribution >= 4 is 23.6 Å². The molecule has 6 aliphatic rings. The van der Waals surface area contributed by atoms with Gasteiger partial charge in [-0.2, -0.15) is 0 Å². The molecule has 4 amide bonds. The Morgan fingerprint density at radius 3 is 1.18 bits per heavy atom. The van der Waals surface area contributed by atoms with Crippen LogP contribution in [0.2, 0.25) is 0 Å². The van der Waals surface area contributed by atoms with Crippen molar-refractivity contribution in [1.29, 1.82) is 0 Å². The minimum absolute atomic E-state index is 0.00153. The molecule has 28 heavy (non-hydrogen) atoms. The Hall–Kier alpha value is -2.24. The summed E-state index contributed by atoms with van der Waals surface area (Å²) in [6.07, 6.45) is 2.77. The molecule has 8 nitrogen and oxygen atoms in total. The molecule has 0 radical (unpaired) electrons. The SMILES string of the molecule is O=C1[C@@H]2[C@H](C(=O)N1CC#CCN1C(=O)[C@H]3[C@H](C1=O)[C@H]1CC[C@H]3O1)[C@@H]1CC[C@@H]2O1. The van der Waals surface area contributed by atoms with E-state index in [-0.39, 0.29) is 84.8 Å². The summed E-state index contributed by atoms with van der Waals surface area (Å²) in [7, 11) is 0. The lowest BCUT2D eigenvalue weighted by atomic mass is 9.81. The maximum atomic E-state index is 12.6. The lowest BCUT2D eigenvalue weighted by Gasteiger charge is -2.15. The van der Waals surface area contributed by atoms with Gasteiger partial charge in [0.25, 0.3) is 0 Å². The van der Waals surface area contributed by atoms with Crippen LogP contribution in [0.1, 0.15) is 25.7 Å². The van der Waals surface area contributed by atoms with Crippen LogP contribution in [0.15, 0.2) is 0 Å². The Balaban J connectivity index is 1.12. The number of hydrogen-bond donors (Lipinski definition) is 0. The summed E-state index contributed by atoms with van der Waals surface area (Å²) in [5.41, 5.74) is 0. The Labute approximate surface area is 161 Å². The number of carbonyl (C=O) groups is 4. The molecule has 6 heterocycles. The van der Waals surface area contributed by atoms with Crippen molar-refractivity contribution in [3.8, 4) is 11.8 Å². The van der Waals surface area contributed by atoms with Crippen LogP contribution in [0.25, 0.3) is 0 Å². The lowest BCUT2D eigenvalue weighted by molar-refractivity contribution is -0.143. The van der Waals surface area contributed by atoms with Gasteiger partial charge in [0.05, 0.1) is 61.2 Å². The van der Waals surface area contributed by atoms with Crippen LogP contribution < -0.4 is 0 Å². The zero-order chi connectivity index (χ0) is 19.2. The van der Waals surface area contributed by atoms with Crippen molar-refractivity contribution in [2.45, 2.75) is 50.1 Å². The molecule has 0 aromatic heterocycles. The first-order valence-corrected chi connectivity index (χ1v) is 10.0. The van der Waals surface area contributed by atoms with Crippen molar-refractivity contribution < 1.29 is 28.7 Å². The van der Waals surface area contributed by atoms with Crippen LogP contribution in [-0.4, -0.2) is 70.9 Å². The number of fused-ring (bicyclic) bond motifs is 10. The molecule has 6 saturated heterocycles. The average molecular weight is 384 g/mol. The smallest absolute Gasteiger partial charge is 0.236 e. The van der Waals surface area contributed by atoms with E-state index in [4.69, 9.17) is 9.47 Å². The monoisotopic (exact) mass is 384 g/mol. The van der Waals surface area contributed by atoms with E-state index in [1.54, 1.807) is 0 Å². The van der Waals surface area contributed by atoms with E-state index in [2.05, 4.69) is 11.8 Å². The molecular weight excluding hydrogens is 364 g/mol. The first-order valence-electron chi connectivity index (χ1n) is 10.0. The molecule has 6 fully saturated rings. The van der Waals surface area contributed by atoms with Crippen molar-refractivity contribution in [3.63, 3.8) is 0 Å². The Morgan fingerprint density at radius 1 is 0.607 bits per heavy atom. The number of carbonyl (C=O) groups excluding carboxylic acids is 4. The van der Waals surface area contributed by atoms with E-state index < -0.39 is 0 Å². The number of nitrogens with zero attached hydrogens (tertiary/aromatic N) is 2. The van der Waals surface area contributed by atoms with Gasteiger partial charge < -0.3 is 9.47 Å². The number of imide groups is 2. The molecular formula is C20H20N2O6. The quantitative estimate of drug-likeness (QED) is 0.462. The van der Waals surface area contributed by atoms with E-state index in [0.29, 0.717) is 0 Å². The zero-order valence-electron chi connectivity index (χ0n) is 15.2. The molecule has 0 spiro atoms. The Bertz CT molecular complexity index is 750. The maximum absolute atomic E-state index is 12.6. The van der Waals surface area contributed by atoms with E-state index in [1.165, 1.54) is 9.80 Å². The number of amides is 4. The molecule has 8 heteroatoms. The third-order valence-corrected chi connectivity index (χ3v) is 7.35. The molecule has 6 rings (SSSR count). The highest BCUT2D eigenvalue weighted by Gasteiger charge is 2.63. The topological polar surface area (TPSA) is 93.2 Å². The van der Waals surface area contributed by atoms with Gasteiger partial charge in [-0.05, 0) is 25.7 Å². The van der Waals surface area contributed by atoms with Crippen molar-refractivity contribution in [2.24, 2.45) is 23.7 Å². The summed E-state index contributed by atoms with van der Waals surface area (Å²) in [6, 6.07) is 0. The van der Waals surface area contributed by atoms with Gasteiger partial charge in [0.15, 0.2) is 0 Å². The zero-order valence-corrected chi connectivity index (χ0v) is 15.2. The van der Waals surface area contributed by atoms with Gasteiger partial charge >= 0.3 is 0 Å². The van der Waals surface area contributed by atoms with Crippen LogP contribution in [0.4, 0.5) is 0 Å². The lowest BCUT2D eigenvalue weighted by Crippen LogP contribution is -2.35. The largest absolute Gasteiger partial charge is 0.373 e. The predicted molar refractivity (Wildman–Crippen MR) is 91.0 cm³/mol. The van der Waals surface area contributed by atoms with Crippen LogP contribution >= 0.6 is 0 Å². The van der Waals surface area contributed by atoms with E-state index >= 15 is 0 Å². The molecule has 0 aromatic rings. The molecule has 0 saturated carbocycles. The summed E-state index contributed by atoms with van der Waals surface area (Å²) in [4.78, 5) is 52.7. The minimum atomic E-state index is -0.357. The molecule has 0 unspecified atom stereocenters. The second-order valence-corrected chi connectivity index (χ2v) is 8.56. The molecule has 0 aromatic carbocycles. The maximum Gasteiger partial charge on any atom is 0.236 e. The average Bonchev–Trinajstić information content (AvgIpc) is 3.49. The fourth-order valence-electron chi connectivity index (χ4n) is 6.13. The Morgan fingerprint density at radius 2 is 0.893 bits per heavy atom. The number of rotatable bonds is 2. The highest BCUT2D eigenvalue weighted by atomic mass is 16.5. The highest BCUT2D eigenvalue weighted by molar-refractivity contribution is 6.07. The standard InChI is InChI=1S/C20H20N2O6/c23-17-13-9-3-4-10(27-9)14(13)18(24)21(17)7-1-2-8-22-19(25)15-11-5-6-12(28-11)16(15)20(22)26/h9-16H,3-8H2/t9-,10-,11+,12+,13-,14-,15-,16+/m1/s1. The van der Waals surface area contributed by atoms with Gasteiger partial charge in [0.1, 0.15) is 0 Å². The van der Waals surface area contributed by atoms with Crippen molar-refractivity contribution in [1.82, 2.24) is 9.80 Å². The van der Waals surface area contributed by atoms with Gasteiger partial charge in [-0.3, -0.25) is 29.0 Å². The van der Waals surface area contributed by atoms with E-state index in [0.717, 1.165) is 25.7 Å². The third-order valence-electron chi connectivity index (χ3n) is 7.35. The van der Waals surface area contributed by atoms with E-state index in [9.17, 15) is 19.2 Å². The Kier molecular flexibility index (Phi) is 3.37. The van der Waals surface area contributed by atoms with Crippen LogP contribution in [-0.2, 0) is 28.7 Å². The molecule has 6 aliphatic heterocycles. The highest BCUT2D eigenvalue weighted by Crippen LogP contribution is 2.49. The summed E-state index contributed by atoms with van der Waals surface area (Å²) in [5, 5.41) is 0. The van der Waals surface area contributed by atoms with Crippen LogP contribution in [0, 0.1) is 35.5 Å². The molecule has 4 bridgehead atoms. The first-order chi connectivity index (χ1) is 13.6. The van der Waals surface area contributed by atoms with Gasteiger partial charge in [-0.25, -0.2) is 0 Å². The molecule has 8 atom stereocenters. The van der Waals surface area contributed by atoms with Crippen LogP contribution in [0.5, 0.6) is 0 Å². The fourth-order valence-corrected chi connectivity index (χ4v) is 6.13. The minimum Gasteiger partial charge on any atom is -0.373 e. The molecule has 0 aliphatic carbocycles. The first kappa shape index (κ1) is 16.7. The third kappa shape index (κ3) is 1.98. The normalized spacial score (nSPS) is 45.1. The summed E-state index contributed by atoms with van der Waals surface area (Å²) in [6.45, 7) is 0.00307.